The predicted molar refractivity (Wildman–Crippen MR) is 68.0 cm³/mol. The number of nitrogens with zero attached hydrogens (tertiary/aromatic N) is 1. The summed E-state index contributed by atoms with van der Waals surface area (Å²) < 4.78 is 1.17. The molecule has 2 aromatic rings. The molecule has 0 unspecified atom stereocenters. The molecule has 0 saturated heterocycles. The molecule has 1 heterocycles. The number of hydrogen-bond donors (Lipinski definition) is 1. The van der Waals surface area contributed by atoms with Crippen LogP contribution in [-0.2, 0) is 0 Å². The summed E-state index contributed by atoms with van der Waals surface area (Å²) in [6.07, 6.45) is 0. The van der Waals surface area contributed by atoms with E-state index in [0.717, 1.165) is 22.2 Å². The number of hydrogen-bond acceptors (Lipinski definition) is 3. The van der Waals surface area contributed by atoms with Gasteiger partial charge >= 0.3 is 0 Å². The van der Waals surface area contributed by atoms with Crippen LogP contribution < -0.4 is 5.32 Å². The Hall–Kier alpha value is -0.800. The number of rotatable bonds is 3. The smallest absolute Gasteiger partial charge is 0.183 e. The van der Waals surface area contributed by atoms with Gasteiger partial charge in [0.15, 0.2) is 5.13 Å². The van der Waals surface area contributed by atoms with E-state index in [-0.39, 0.29) is 0 Å². The fourth-order valence-electron chi connectivity index (χ4n) is 1.27. The summed E-state index contributed by atoms with van der Waals surface area (Å²) in [6, 6.07) is 5.80. The lowest BCUT2D eigenvalue weighted by Gasteiger charge is -2.03. The van der Waals surface area contributed by atoms with Gasteiger partial charge in [-0.25, -0.2) is 4.98 Å². The first-order valence-corrected chi connectivity index (χ1v) is 6.14. The van der Waals surface area contributed by atoms with Gasteiger partial charge in [-0.05, 0) is 24.1 Å². The molecule has 0 aliphatic carbocycles. The summed E-state index contributed by atoms with van der Waals surface area (Å²) in [5.41, 5.74) is 0.971. The minimum atomic E-state index is 0.626. The number of thiazole rings is 1. The van der Waals surface area contributed by atoms with Crippen LogP contribution in [0, 0.1) is 5.92 Å². The molecule has 0 spiro atoms. The van der Waals surface area contributed by atoms with Gasteiger partial charge in [0.25, 0.3) is 0 Å². The van der Waals surface area contributed by atoms with Gasteiger partial charge < -0.3 is 5.32 Å². The summed E-state index contributed by atoms with van der Waals surface area (Å²) in [6.45, 7) is 5.31. The van der Waals surface area contributed by atoms with Crippen molar-refractivity contribution >= 4 is 38.3 Å². The highest BCUT2D eigenvalue weighted by molar-refractivity contribution is 7.22. The third kappa shape index (κ3) is 2.61. The lowest BCUT2D eigenvalue weighted by molar-refractivity contribution is 0.688. The maximum absolute atomic E-state index is 5.90. The second kappa shape index (κ2) is 4.37. The lowest BCUT2D eigenvalue weighted by Crippen LogP contribution is -2.07. The first kappa shape index (κ1) is 10.7. The molecule has 1 aromatic carbocycles. The number of benzene rings is 1. The van der Waals surface area contributed by atoms with Crippen LogP contribution in [0.4, 0.5) is 5.13 Å². The highest BCUT2D eigenvalue weighted by atomic mass is 35.5. The molecule has 15 heavy (non-hydrogen) atoms. The first-order valence-electron chi connectivity index (χ1n) is 4.95. The van der Waals surface area contributed by atoms with Crippen LogP contribution >= 0.6 is 22.9 Å². The first-order chi connectivity index (χ1) is 7.15. The maximum atomic E-state index is 5.90. The van der Waals surface area contributed by atoms with Crippen molar-refractivity contribution in [3.63, 3.8) is 0 Å². The molecule has 0 atom stereocenters. The fraction of sp³-hybridized carbons (Fsp3) is 0.364. The van der Waals surface area contributed by atoms with Crippen LogP contribution in [0.5, 0.6) is 0 Å². The normalized spacial score (nSPS) is 11.2. The van der Waals surface area contributed by atoms with Gasteiger partial charge in [-0.2, -0.15) is 0 Å². The highest BCUT2D eigenvalue weighted by Gasteiger charge is 2.04. The van der Waals surface area contributed by atoms with E-state index >= 15 is 0 Å². The Morgan fingerprint density at radius 2 is 2.27 bits per heavy atom. The third-order valence-electron chi connectivity index (χ3n) is 2.01. The zero-order chi connectivity index (χ0) is 10.8. The largest absolute Gasteiger partial charge is 0.361 e. The van der Waals surface area contributed by atoms with Crippen molar-refractivity contribution in [2.45, 2.75) is 13.8 Å². The van der Waals surface area contributed by atoms with Crippen LogP contribution in [-0.4, -0.2) is 11.5 Å². The summed E-state index contributed by atoms with van der Waals surface area (Å²) in [4.78, 5) is 4.47. The minimum Gasteiger partial charge on any atom is -0.361 e. The molecular formula is C11H13ClN2S. The maximum Gasteiger partial charge on any atom is 0.183 e. The van der Waals surface area contributed by atoms with Crippen LogP contribution in [0.3, 0.4) is 0 Å². The molecule has 4 heteroatoms. The van der Waals surface area contributed by atoms with Crippen LogP contribution in [0.2, 0.25) is 5.02 Å². The van der Waals surface area contributed by atoms with Crippen molar-refractivity contribution in [3.8, 4) is 0 Å². The predicted octanol–water partition coefficient (Wildman–Crippen LogP) is 4.02. The second-order valence-corrected chi connectivity index (χ2v) is 5.37. The summed E-state index contributed by atoms with van der Waals surface area (Å²) in [5.74, 6) is 0.626. The zero-order valence-electron chi connectivity index (χ0n) is 8.75. The second-order valence-electron chi connectivity index (χ2n) is 3.91. The van der Waals surface area contributed by atoms with Gasteiger partial charge in [-0.1, -0.05) is 36.8 Å². The summed E-state index contributed by atoms with van der Waals surface area (Å²) in [7, 11) is 0. The molecule has 0 aliphatic rings. The molecule has 0 bridgehead atoms. The Morgan fingerprint density at radius 3 is 3.00 bits per heavy atom. The van der Waals surface area contributed by atoms with E-state index in [4.69, 9.17) is 11.6 Å². The van der Waals surface area contributed by atoms with Gasteiger partial charge in [0, 0.05) is 11.6 Å². The molecule has 0 fully saturated rings. The third-order valence-corrected chi connectivity index (χ3v) is 3.24. The van der Waals surface area contributed by atoms with Gasteiger partial charge in [-0.15, -0.1) is 0 Å². The van der Waals surface area contributed by atoms with Crippen molar-refractivity contribution in [2.75, 3.05) is 11.9 Å². The van der Waals surface area contributed by atoms with Crippen molar-refractivity contribution < 1.29 is 0 Å². The van der Waals surface area contributed by atoms with Gasteiger partial charge in [0.1, 0.15) is 0 Å². The lowest BCUT2D eigenvalue weighted by atomic mass is 10.2. The minimum absolute atomic E-state index is 0.626. The standard InChI is InChI=1S/C11H13ClN2S/c1-7(2)6-13-11-14-9-5-8(12)3-4-10(9)15-11/h3-5,7H,6H2,1-2H3,(H,13,14). The quantitative estimate of drug-likeness (QED) is 0.877. The number of aromatic nitrogens is 1. The SMILES string of the molecule is CC(C)CNc1nc2cc(Cl)ccc2s1. The molecule has 1 aromatic heterocycles. The topological polar surface area (TPSA) is 24.9 Å². The van der Waals surface area contributed by atoms with E-state index in [2.05, 4.69) is 24.1 Å². The summed E-state index contributed by atoms with van der Waals surface area (Å²) >= 11 is 7.57. The van der Waals surface area contributed by atoms with E-state index < -0.39 is 0 Å². The van der Waals surface area contributed by atoms with Gasteiger partial charge in [0.05, 0.1) is 10.2 Å². The Balaban J connectivity index is 2.23. The molecule has 0 aliphatic heterocycles. The fourth-order valence-corrected chi connectivity index (χ4v) is 2.29. The molecule has 0 radical (unpaired) electrons. The van der Waals surface area contributed by atoms with Crippen molar-refractivity contribution in [1.82, 2.24) is 4.98 Å². The van der Waals surface area contributed by atoms with Crippen molar-refractivity contribution in [2.24, 2.45) is 5.92 Å². The van der Waals surface area contributed by atoms with Crippen LogP contribution in [0.25, 0.3) is 10.2 Å². The molecule has 80 valence electrons. The Labute approximate surface area is 98.3 Å². The van der Waals surface area contributed by atoms with Gasteiger partial charge in [0.2, 0.25) is 0 Å². The van der Waals surface area contributed by atoms with E-state index in [1.807, 2.05) is 18.2 Å². The zero-order valence-corrected chi connectivity index (χ0v) is 10.3. The van der Waals surface area contributed by atoms with Crippen molar-refractivity contribution in [1.29, 1.82) is 0 Å². The Kier molecular flexibility index (Phi) is 3.12. The van der Waals surface area contributed by atoms with Crippen LogP contribution in [0.1, 0.15) is 13.8 Å². The monoisotopic (exact) mass is 240 g/mol. The number of halogens is 1. The van der Waals surface area contributed by atoms with E-state index in [1.54, 1.807) is 11.3 Å². The number of anilines is 1. The van der Waals surface area contributed by atoms with E-state index in [9.17, 15) is 0 Å². The van der Waals surface area contributed by atoms with Crippen molar-refractivity contribution in [3.05, 3.63) is 23.2 Å². The Bertz CT molecular complexity index is 465. The molecular weight excluding hydrogens is 228 g/mol. The average molecular weight is 241 g/mol. The molecule has 0 saturated carbocycles. The number of nitrogens with one attached hydrogen (secondary N) is 1. The van der Waals surface area contributed by atoms with Crippen LogP contribution in [0.15, 0.2) is 18.2 Å². The molecule has 1 N–H and O–H groups in total. The molecule has 0 amide bonds. The van der Waals surface area contributed by atoms with E-state index in [0.29, 0.717) is 5.92 Å². The van der Waals surface area contributed by atoms with E-state index in [1.165, 1.54) is 4.70 Å². The number of fused-ring (bicyclic) bond motifs is 1. The average Bonchev–Trinajstić information content (AvgIpc) is 2.56. The van der Waals surface area contributed by atoms with Gasteiger partial charge in [-0.3, -0.25) is 0 Å². The molecule has 2 rings (SSSR count). The Morgan fingerprint density at radius 1 is 1.47 bits per heavy atom. The summed E-state index contributed by atoms with van der Waals surface area (Å²) in [5, 5.41) is 5.03. The highest BCUT2D eigenvalue weighted by Crippen LogP contribution is 2.27. The molecule has 2 nitrogen and oxygen atoms in total.